The maximum absolute atomic E-state index is 12.5. The summed E-state index contributed by atoms with van der Waals surface area (Å²) in [4.78, 5) is 84.3. The Balaban J connectivity index is 4.27. The number of carboxylic acids is 3. The quantitative estimate of drug-likeness (QED) is 0.0325. The van der Waals surface area contributed by atoms with Crippen molar-refractivity contribution < 1.29 is 48.9 Å². The van der Waals surface area contributed by atoms with Crippen LogP contribution < -0.4 is 21.3 Å². The minimum atomic E-state index is -1.27. The van der Waals surface area contributed by atoms with Gasteiger partial charge in [-0.2, -0.15) is 0 Å². The van der Waals surface area contributed by atoms with Gasteiger partial charge in [0.25, 0.3) is 0 Å². The van der Waals surface area contributed by atoms with Crippen LogP contribution >= 0.6 is 0 Å². The van der Waals surface area contributed by atoms with Gasteiger partial charge >= 0.3 is 17.9 Å². The number of amides is 4. The number of rotatable bonds is 38. The molecule has 0 rings (SSSR count). The summed E-state index contributed by atoms with van der Waals surface area (Å²) >= 11 is 0. The van der Waals surface area contributed by atoms with E-state index in [1.54, 1.807) is 0 Å². The molecule has 14 nitrogen and oxygen atoms in total. The Morgan fingerprint density at radius 1 is 0.364 bits per heavy atom. The monoisotopic (exact) mass is 783 g/mol. The summed E-state index contributed by atoms with van der Waals surface area (Å²) in [5.74, 6) is -5.27. The maximum atomic E-state index is 12.5. The van der Waals surface area contributed by atoms with Crippen molar-refractivity contribution in [3.8, 4) is 0 Å². The van der Waals surface area contributed by atoms with Crippen LogP contribution in [0.3, 0.4) is 0 Å². The molecule has 3 atom stereocenters. The third-order valence-electron chi connectivity index (χ3n) is 9.71. The molecule has 0 saturated heterocycles. The Labute approximate surface area is 329 Å². The van der Waals surface area contributed by atoms with Gasteiger partial charge in [-0.05, 0) is 51.4 Å². The fraction of sp³-hybridized carbons (Fsp3) is 0.829. The minimum absolute atomic E-state index is 0.0722. The molecule has 4 amide bonds. The largest absolute Gasteiger partial charge is 0.480 e. The van der Waals surface area contributed by atoms with Crippen LogP contribution in [0.4, 0.5) is 0 Å². The van der Waals surface area contributed by atoms with E-state index in [-0.39, 0.29) is 75.6 Å². The van der Waals surface area contributed by atoms with E-state index in [1.165, 1.54) is 64.2 Å². The van der Waals surface area contributed by atoms with Gasteiger partial charge in [0.05, 0.1) is 0 Å². The lowest BCUT2D eigenvalue weighted by Crippen LogP contribution is -2.44. The number of unbranched alkanes of at least 4 members (excludes halogenated alkanes) is 17. The zero-order valence-electron chi connectivity index (χ0n) is 33.9. The van der Waals surface area contributed by atoms with Gasteiger partial charge in [-0.3, -0.25) is 19.2 Å². The number of nitrogens with one attached hydrogen (secondary N) is 4. The minimum Gasteiger partial charge on any atom is -0.480 e. The maximum Gasteiger partial charge on any atom is 0.326 e. The van der Waals surface area contributed by atoms with E-state index in [0.717, 1.165) is 38.5 Å². The summed E-state index contributed by atoms with van der Waals surface area (Å²) < 4.78 is 0. The number of carbonyl (C=O) groups excluding carboxylic acids is 4. The number of hydrogen-bond donors (Lipinski definition) is 7. The van der Waals surface area contributed by atoms with Crippen LogP contribution in [0.5, 0.6) is 0 Å². The summed E-state index contributed by atoms with van der Waals surface area (Å²) in [6.07, 6.45) is 21.2. The fourth-order valence-corrected chi connectivity index (χ4v) is 6.30. The van der Waals surface area contributed by atoms with Gasteiger partial charge in [0.1, 0.15) is 18.1 Å². The molecule has 0 aliphatic heterocycles. The molecule has 0 spiro atoms. The van der Waals surface area contributed by atoms with Crippen molar-refractivity contribution in [3.05, 3.63) is 0 Å². The van der Waals surface area contributed by atoms with Gasteiger partial charge in [-0.25, -0.2) is 14.4 Å². The molecular weight excluding hydrogens is 708 g/mol. The molecule has 0 aliphatic carbocycles. The van der Waals surface area contributed by atoms with E-state index in [2.05, 4.69) is 35.1 Å². The topological polar surface area (TPSA) is 228 Å². The Kier molecular flexibility index (Phi) is 32.4. The van der Waals surface area contributed by atoms with E-state index in [0.29, 0.717) is 25.7 Å². The van der Waals surface area contributed by atoms with Crippen LogP contribution in [0.2, 0.25) is 0 Å². The Morgan fingerprint density at radius 3 is 1.09 bits per heavy atom. The lowest BCUT2D eigenvalue weighted by atomic mass is 10.1. The standard InChI is InChI=1S/C41H74N4O10/c1-3-5-7-9-11-13-15-17-19-26-36(47)43-33(40(52)53)25-23-28-35(46)42-31-22-21-24-32(39(50)51)44-38(49)30-29-34(41(54)55)45-37(48)27-20-18-16-14-12-10-8-6-4-2/h32-34H,3-31H2,1-2H3,(H,42,46)(H,43,47)(H,44,49)(H,45,48)(H,50,51)(H,52,53)(H,54,55). The van der Waals surface area contributed by atoms with E-state index in [4.69, 9.17) is 0 Å². The zero-order valence-corrected chi connectivity index (χ0v) is 33.9. The summed E-state index contributed by atoms with van der Waals surface area (Å²) in [6.45, 7) is 4.63. The molecule has 0 saturated carbocycles. The van der Waals surface area contributed by atoms with Crippen LogP contribution in [-0.4, -0.2) is 81.5 Å². The third kappa shape index (κ3) is 31.2. The average molecular weight is 783 g/mol. The van der Waals surface area contributed by atoms with E-state index in [1.807, 2.05) is 0 Å². The molecule has 0 radical (unpaired) electrons. The van der Waals surface area contributed by atoms with Crippen LogP contribution in [0.1, 0.15) is 194 Å². The van der Waals surface area contributed by atoms with Gasteiger partial charge in [0, 0.05) is 32.2 Å². The number of carbonyl (C=O) groups is 7. The predicted octanol–water partition coefficient (Wildman–Crippen LogP) is 6.77. The van der Waals surface area contributed by atoms with Crippen molar-refractivity contribution in [2.24, 2.45) is 0 Å². The molecule has 318 valence electrons. The number of hydrogen-bond acceptors (Lipinski definition) is 7. The van der Waals surface area contributed by atoms with Crippen molar-refractivity contribution in [3.63, 3.8) is 0 Å². The molecule has 0 aromatic carbocycles. The lowest BCUT2D eigenvalue weighted by molar-refractivity contribution is -0.143. The highest BCUT2D eigenvalue weighted by atomic mass is 16.4. The highest BCUT2D eigenvalue weighted by Crippen LogP contribution is 2.13. The number of aliphatic carboxylic acids is 3. The second-order valence-corrected chi connectivity index (χ2v) is 14.8. The Bertz CT molecular complexity index is 1100. The SMILES string of the molecule is CCCCCCCCCCCC(=O)NC(CCCC(=O)NCCCCC(NC(=O)CCC(NC(=O)CCCCCCCCCCC)C(=O)O)C(=O)O)C(=O)O. The molecule has 0 heterocycles. The van der Waals surface area contributed by atoms with Crippen LogP contribution in [0.15, 0.2) is 0 Å². The van der Waals surface area contributed by atoms with Gasteiger partial charge in [-0.1, -0.05) is 117 Å². The molecule has 0 aromatic heterocycles. The van der Waals surface area contributed by atoms with Crippen molar-refractivity contribution in [1.82, 2.24) is 21.3 Å². The molecular formula is C41H74N4O10. The lowest BCUT2D eigenvalue weighted by Gasteiger charge is -2.17. The van der Waals surface area contributed by atoms with Gasteiger partial charge in [0.2, 0.25) is 23.6 Å². The van der Waals surface area contributed by atoms with Crippen molar-refractivity contribution in [2.45, 2.75) is 212 Å². The summed E-state index contributed by atoms with van der Waals surface area (Å²) in [7, 11) is 0. The first-order valence-corrected chi connectivity index (χ1v) is 21.2. The van der Waals surface area contributed by atoms with E-state index >= 15 is 0 Å². The fourth-order valence-electron chi connectivity index (χ4n) is 6.30. The molecule has 14 heteroatoms. The van der Waals surface area contributed by atoms with Gasteiger partial charge in [0.15, 0.2) is 0 Å². The predicted molar refractivity (Wildman–Crippen MR) is 212 cm³/mol. The van der Waals surface area contributed by atoms with E-state index in [9.17, 15) is 48.9 Å². The van der Waals surface area contributed by atoms with Crippen molar-refractivity contribution in [2.75, 3.05) is 6.54 Å². The van der Waals surface area contributed by atoms with Crippen LogP contribution in [-0.2, 0) is 33.6 Å². The molecule has 7 N–H and O–H groups in total. The first-order valence-electron chi connectivity index (χ1n) is 21.2. The second-order valence-electron chi connectivity index (χ2n) is 14.8. The number of carboxylic acid groups (broad SMARTS) is 3. The molecule has 55 heavy (non-hydrogen) atoms. The molecule has 0 fully saturated rings. The first-order chi connectivity index (χ1) is 26.4. The van der Waals surface area contributed by atoms with Gasteiger partial charge < -0.3 is 36.6 Å². The molecule has 0 aliphatic rings. The van der Waals surface area contributed by atoms with Crippen LogP contribution in [0, 0.1) is 0 Å². The first kappa shape index (κ1) is 51.3. The molecule has 0 bridgehead atoms. The average Bonchev–Trinajstić information content (AvgIpc) is 3.13. The van der Waals surface area contributed by atoms with Crippen molar-refractivity contribution in [1.29, 1.82) is 0 Å². The molecule has 3 unspecified atom stereocenters. The summed E-state index contributed by atoms with van der Waals surface area (Å²) in [5, 5.41) is 38.8. The van der Waals surface area contributed by atoms with Crippen molar-refractivity contribution >= 4 is 41.5 Å². The molecule has 0 aromatic rings. The van der Waals surface area contributed by atoms with Gasteiger partial charge in [-0.15, -0.1) is 0 Å². The van der Waals surface area contributed by atoms with Crippen LogP contribution in [0.25, 0.3) is 0 Å². The normalized spacial score (nSPS) is 12.6. The summed E-state index contributed by atoms with van der Waals surface area (Å²) in [6, 6.07) is -3.52. The second kappa shape index (κ2) is 34.8. The smallest absolute Gasteiger partial charge is 0.326 e. The summed E-state index contributed by atoms with van der Waals surface area (Å²) in [5.41, 5.74) is 0. The Morgan fingerprint density at radius 2 is 0.691 bits per heavy atom. The zero-order chi connectivity index (χ0) is 41.1. The highest BCUT2D eigenvalue weighted by Gasteiger charge is 2.24. The Hall–Kier alpha value is -3.71. The third-order valence-corrected chi connectivity index (χ3v) is 9.71. The van der Waals surface area contributed by atoms with E-state index < -0.39 is 41.9 Å². The highest BCUT2D eigenvalue weighted by molar-refractivity contribution is 5.86.